The van der Waals surface area contributed by atoms with Crippen molar-refractivity contribution in [3.8, 4) is 44.5 Å². The monoisotopic (exact) mass is 955 g/mol. The SMILES string of the molecule is c1ccc2c(c1)-c1ccc(N(c3ccc4c5ccccc5c5ccccc5c4c3)c3cc4c(cc3-c3ccc5oc6ccccc6c5c3)-c3ccccc3C43c4ccccc4-c4ccccc43)cc1C21CCCCC1. The predicted molar refractivity (Wildman–Crippen MR) is 312 cm³/mol. The number of para-hydroxylation sites is 1. The molecule has 1 saturated carbocycles. The summed E-state index contributed by atoms with van der Waals surface area (Å²) in [5, 5.41) is 9.85. The van der Waals surface area contributed by atoms with E-state index in [-0.39, 0.29) is 5.41 Å². The molecule has 2 spiro atoms. The zero-order valence-electron chi connectivity index (χ0n) is 41.4. The molecule has 2 nitrogen and oxygen atoms in total. The Morgan fingerprint density at radius 1 is 0.293 bits per heavy atom. The van der Waals surface area contributed by atoms with Crippen LogP contribution in [-0.2, 0) is 10.8 Å². The van der Waals surface area contributed by atoms with Crippen LogP contribution in [0.3, 0.4) is 0 Å². The minimum absolute atomic E-state index is 0.0263. The van der Waals surface area contributed by atoms with Gasteiger partial charge < -0.3 is 9.32 Å². The van der Waals surface area contributed by atoms with Crippen LogP contribution in [0.4, 0.5) is 17.1 Å². The van der Waals surface area contributed by atoms with Crippen LogP contribution in [0, 0.1) is 0 Å². The highest BCUT2D eigenvalue weighted by Gasteiger charge is 2.52. The molecule has 1 aromatic heterocycles. The second kappa shape index (κ2) is 15.3. The number of anilines is 3. The highest BCUT2D eigenvalue weighted by atomic mass is 16.3. The average Bonchev–Trinajstić information content (AvgIpc) is 4.34. The first-order valence-electron chi connectivity index (χ1n) is 26.9. The topological polar surface area (TPSA) is 16.4 Å². The molecule has 0 N–H and O–H groups in total. The Kier molecular flexibility index (Phi) is 8.46. The average molecular weight is 956 g/mol. The van der Waals surface area contributed by atoms with Gasteiger partial charge in [0.15, 0.2) is 0 Å². The molecule has 0 saturated heterocycles. The summed E-state index contributed by atoms with van der Waals surface area (Å²) in [7, 11) is 0. The van der Waals surface area contributed by atoms with Gasteiger partial charge in [-0.05, 0) is 172 Å². The van der Waals surface area contributed by atoms with Crippen LogP contribution in [0.15, 0.2) is 241 Å². The molecule has 0 bridgehead atoms. The van der Waals surface area contributed by atoms with E-state index in [0.717, 1.165) is 51.7 Å². The van der Waals surface area contributed by atoms with Crippen LogP contribution in [-0.4, -0.2) is 0 Å². The lowest BCUT2D eigenvalue weighted by molar-refractivity contribution is 0.353. The lowest BCUT2D eigenvalue weighted by Crippen LogP contribution is -2.28. The van der Waals surface area contributed by atoms with E-state index in [1.807, 2.05) is 0 Å². The summed E-state index contributed by atoms with van der Waals surface area (Å²) in [6.45, 7) is 0. The Labute approximate surface area is 435 Å². The number of fused-ring (bicyclic) bond motifs is 24. The fourth-order valence-corrected chi connectivity index (χ4v) is 15.2. The third-order valence-electron chi connectivity index (χ3n) is 18.2. The first-order valence-corrected chi connectivity index (χ1v) is 26.9. The van der Waals surface area contributed by atoms with Gasteiger partial charge >= 0.3 is 0 Å². The molecule has 0 aliphatic heterocycles. The molecule has 4 aliphatic carbocycles. The Morgan fingerprint density at radius 2 is 0.787 bits per heavy atom. The molecule has 0 radical (unpaired) electrons. The number of benzene rings is 12. The maximum absolute atomic E-state index is 6.53. The lowest BCUT2D eigenvalue weighted by atomic mass is 9.68. The highest BCUT2D eigenvalue weighted by Crippen LogP contribution is 2.65. The summed E-state index contributed by atoms with van der Waals surface area (Å²) in [6, 6.07) is 90.1. The zero-order valence-corrected chi connectivity index (χ0v) is 41.4. The normalized spacial score (nSPS) is 15.1. The first-order chi connectivity index (χ1) is 37.2. The van der Waals surface area contributed by atoms with Crippen LogP contribution in [0.1, 0.15) is 65.5 Å². The standard InChI is InChI=1S/C73H49NO/c1-16-38-72(39-17-1)63-27-11-6-22-53(63)57-36-34-47(42-67(57)72)74(46-33-35-52-50-20-3-2-18-48(50)49-19-4-5-21-51(49)60(52)41-46)69-44-68-61(43-59(69)45-32-37-71-62(40-45)58-26-10-15-31-70(58)75-71)56-25-9-14-30-66(56)73(68)64-28-12-7-23-54(64)55-24-8-13-29-65(55)73/h2-15,18-37,40-44H,1,16-17,38-39H2. The third kappa shape index (κ3) is 5.48. The molecule has 17 rings (SSSR count). The van der Waals surface area contributed by atoms with Crippen molar-refractivity contribution in [3.63, 3.8) is 0 Å². The molecule has 352 valence electrons. The van der Waals surface area contributed by atoms with Crippen molar-refractivity contribution in [1.82, 2.24) is 0 Å². The van der Waals surface area contributed by atoms with E-state index in [2.05, 4.69) is 241 Å². The van der Waals surface area contributed by atoms with Gasteiger partial charge in [0.25, 0.3) is 0 Å². The summed E-state index contributed by atoms with van der Waals surface area (Å²) >= 11 is 0. The summed E-state index contributed by atoms with van der Waals surface area (Å²) in [5.41, 5.74) is 23.3. The van der Waals surface area contributed by atoms with Crippen molar-refractivity contribution in [1.29, 1.82) is 0 Å². The van der Waals surface area contributed by atoms with Crippen molar-refractivity contribution < 1.29 is 4.42 Å². The van der Waals surface area contributed by atoms with Gasteiger partial charge in [-0.1, -0.05) is 201 Å². The maximum atomic E-state index is 6.53. The summed E-state index contributed by atoms with van der Waals surface area (Å²) in [5.74, 6) is 0. The molecule has 0 amide bonds. The van der Waals surface area contributed by atoms with Gasteiger partial charge in [-0.15, -0.1) is 0 Å². The van der Waals surface area contributed by atoms with E-state index < -0.39 is 5.41 Å². The molecule has 0 atom stereocenters. The van der Waals surface area contributed by atoms with Crippen LogP contribution in [0.25, 0.3) is 98.8 Å². The van der Waals surface area contributed by atoms with Crippen LogP contribution >= 0.6 is 0 Å². The smallest absolute Gasteiger partial charge is 0.135 e. The van der Waals surface area contributed by atoms with E-state index >= 15 is 0 Å². The summed E-state index contributed by atoms with van der Waals surface area (Å²) in [6.07, 6.45) is 6.09. The molecule has 13 aromatic rings. The van der Waals surface area contributed by atoms with Crippen LogP contribution < -0.4 is 4.90 Å². The fraction of sp³-hybridized carbons (Fsp3) is 0.0959. The quantitative estimate of drug-likeness (QED) is 0.163. The van der Waals surface area contributed by atoms with E-state index in [9.17, 15) is 0 Å². The van der Waals surface area contributed by atoms with Crippen molar-refractivity contribution >= 4 is 71.3 Å². The van der Waals surface area contributed by atoms with E-state index in [1.165, 1.54) is 130 Å². The lowest BCUT2D eigenvalue weighted by Gasteiger charge is -2.37. The van der Waals surface area contributed by atoms with Crippen LogP contribution in [0.5, 0.6) is 0 Å². The number of furan rings is 1. The van der Waals surface area contributed by atoms with Crippen molar-refractivity contribution in [2.75, 3.05) is 4.90 Å². The maximum Gasteiger partial charge on any atom is 0.135 e. The number of rotatable bonds is 4. The van der Waals surface area contributed by atoms with Crippen molar-refractivity contribution in [3.05, 3.63) is 270 Å². The minimum atomic E-state index is -0.535. The van der Waals surface area contributed by atoms with Crippen molar-refractivity contribution in [2.45, 2.75) is 42.9 Å². The second-order valence-electron chi connectivity index (χ2n) is 21.7. The fourth-order valence-electron chi connectivity index (χ4n) is 15.2. The summed E-state index contributed by atoms with van der Waals surface area (Å²) < 4.78 is 6.53. The van der Waals surface area contributed by atoms with E-state index in [4.69, 9.17) is 4.42 Å². The Balaban J connectivity index is 1.02. The third-order valence-corrected chi connectivity index (χ3v) is 18.2. The van der Waals surface area contributed by atoms with Gasteiger partial charge in [0, 0.05) is 33.1 Å². The van der Waals surface area contributed by atoms with Gasteiger partial charge in [-0.3, -0.25) is 0 Å². The van der Waals surface area contributed by atoms with Gasteiger partial charge in [0.05, 0.1) is 11.1 Å². The van der Waals surface area contributed by atoms with Crippen molar-refractivity contribution in [2.24, 2.45) is 0 Å². The molecule has 0 unspecified atom stereocenters. The molecule has 1 fully saturated rings. The highest BCUT2D eigenvalue weighted by molar-refractivity contribution is 6.26. The Bertz CT molecular complexity index is 4520. The largest absolute Gasteiger partial charge is 0.456 e. The first kappa shape index (κ1) is 41.5. The Morgan fingerprint density at radius 3 is 1.45 bits per heavy atom. The predicted octanol–water partition coefficient (Wildman–Crippen LogP) is 19.8. The van der Waals surface area contributed by atoms with E-state index in [0.29, 0.717) is 0 Å². The molecular formula is C73H49NO. The molecule has 75 heavy (non-hydrogen) atoms. The molecule has 4 aliphatic rings. The molecular weight excluding hydrogens is 907 g/mol. The van der Waals surface area contributed by atoms with Gasteiger partial charge in [0.2, 0.25) is 0 Å². The number of hydrogen-bond acceptors (Lipinski definition) is 2. The summed E-state index contributed by atoms with van der Waals surface area (Å²) in [4.78, 5) is 2.64. The number of hydrogen-bond donors (Lipinski definition) is 0. The van der Waals surface area contributed by atoms with Gasteiger partial charge in [0.1, 0.15) is 11.2 Å². The van der Waals surface area contributed by atoms with Gasteiger partial charge in [-0.2, -0.15) is 0 Å². The molecule has 2 heteroatoms. The zero-order chi connectivity index (χ0) is 49.0. The Hall–Kier alpha value is -8.98. The number of nitrogens with zero attached hydrogens (tertiary/aromatic N) is 1. The second-order valence-corrected chi connectivity index (χ2v) is 21.7. The van der Waals surface area contributed by atoms with Crippen LogP contribution in [0.2, 0.25) is 0 Å². The van der Waals surface area contributed by atoms with E-state index in [1.54, 1.807) is 0 Å². The molecule has 1 heterocycles. The van der Waals surface area contributed by atoms with Gasteiger partial charge in [-0.25, -0.2) is 0 Å². The minimum Gasteiger partial charge on any atom is -0.456 e. The molecule has 12 aromatic carbocycles.